The maximum Gasteiger partial charge on any atom is 0.231 e. The van der Waals surface area contributed by atoms with E-state index in [0.29, 0.717) is 0 Å². The average molecular weight is 278 g/mol. The summed E-state index contributed by atoms with van der Waals surface area (Å²) in [4.78, 5) is 12.6. The molecular formula is C18H18N2O. The number of hydrogen-bond acceptors (Lipinski definition) is 2. The van der Waals surface area contributed by atoms with Crippen molar-refractivity contribution >= 4 is 11.6 Å². The number of carbonyl (C=O) groups is 1. The predicted octanol–water partition coefficient (Wildman–Crippen LogP) is 2.96. The van der Waals surface area contributed by atoms with Gasteiger partial charge in [-0.25, -0.2) is 0 Å². The van der Waals surface area contributed by atoms with E-state index in [1.165, 1.54) is 22.3 Å². The second kappa shape index (κ2) is 5.01. The van der Waals surface area contributed by atoms with Crippen LogP contribution in [0.1, 0.15) is 34.6 Å². The molecule has 1 atom stereocenters. The lowest BCUT2D eigenvalue weighted by atomic mass is 10.0. The summed E-state index contributed by atoms with van der Waals surface area (Å²) in [7, 11) is 0. The summed E-state index contributed by atoms with van der Waals surface area (Å²) in [6.45, 7) is 1.82. The molecule has 0 saturated carbocycles. The smallest absolute Gasteiger partial charge is 0.231 e. The molecule has 21 heavy (non-hydrogen) atoms. The number of aryl methyl sites for hydroxylation is 1. The predicted molar refractivity (Wildman–Crippen MR) is 83.1 cm³/mol. The lowest BCUT2D eigenvalue weighted by Gasteiger charge is -2.13. The summed E-state index contributed by atoms with van der Waals surface area (Å²) in [5.41, 5.74) is 6.04. The molecule has 4 rings (SSSR count). The van der Waals surface area contributed by atoms with Crippen LogP contribution in [-0.4, -0.2) is 5.91 Å². The minimum atomic E-state index is -0.00687. The molecule has 2 aliphatic rings. The Balaban J connectivity index is 1.54. The molecule has 0 spiro atoms. The first-order valence-electron chi connectivity index (χ1n) is 7.52. The van der Waals surface area contributed by atoms with Gasteiger partial charge in [-0.2, -0.15) is 0 Å². The van der Waals surface area contributed by atoms with Gasteiger partial charge in [0, 0.05) is 18.8 Å². The number of fused-ring (bicyclic) bond motifs is 2. The van der Waals surface area contributed by atoms with Crippen LogP contribution in [0.5, 0.6) is 0 Å². The van der Waals surface area contributed by atoms with E-state index in [9.17, 15) is 4.79 Å². The summed E-state index contributed by atoms with van der Waals surface area (Å²) in [5, 5.41) is 6.41. The zero-order valence-corrected chi connectivity index (χ0v) is 11.9. The van der Waals surface area contributed by atoms with E-state index in [1.807, 2.05) is 18.2 Å². The highest BCUT2D eigenvalue weighted by Gasteiger charge is 2.28. The maximum atomic E-state index is 12.6. The van der Waals surface area contributed by atoms with Crippen molar-refractivity contribution in [3.05, 3.63) is 64.7 Å². The lowest BCUT2D eigenvalue weighted by molar-refractivity contribution is -0.117. The van der Waals surface area contributed by atoms with Crippen LogP contribution in [-0.2, 0) is 24.3 Å². The minimum absolute atomic E-state index is 0.00687. The van der Waals surface area contributed by atoms with Gasteiger partial charge in [0.05, 0.1) is 5.92 Å². The fourth-order valence-corrected chi connectivity index (χ4v) is 3.43. The van der Waals surface area contributed by atoms with E-state index in [-0.39, 0.29) is 11.8 Å². The third-order valence-electron chi connectivity index (χ3n) is 4.55. The number of hydrogen-bond donors (Lipinski definition) is 2. The van der Waals surface area contributed by atoms with Crippen molar-refractivity contribution in [3.8, 4) is 0 Å². The Morgan fingerprint density at radius 1 is 1.05 bits per heavy atom. The molecule has 2 N–H and O–H groups in total. The molecule has 0 radical (unpaired) electrons. The van der Waals surface area contributed by atoms with Crippen molar-refractivity contribution < 1.29 is 4.79 Å². The van der Waals surface area contributed by atoms with Crippen LogP contribution in [0.3, 0.4) is 0 Å². The van der Waals surface area contributed by atoms with Gasteiger partial charge in [0.2, 0.25) is 5.91 Å². The molecule has 1 aliphatic carbocycles. The van der Waals surface area contributed by atoms with Gasteiger partial charge in [-0.3, -0.25) is 4.79 Å². The van der Waals surface area contributed by atoms with Gasteiger partial charge in [-0.05, 0) is 47.2 Å². The Hall–Kier alpha value is -2.13. The van der Waals surface area contributed by atoms with Crippen molar-refractivity contribution in [2.24, 2.45) is 0 Å². The quantitative estimate of drug-likeness (QED) is 0.886. The van der Waals surface area contributed by atoms with Crippen LogP contribution >= 0.6 is 0 Å². The van der Waals surface area contributed by atoms with Gasteiger partial charge < -0.3 is 10.6 Å². The van der Waals surface area contributed by atoms with Crippen molar-refractivity contribution in [3.63, 3.8) is 0 Å². The number of nitrogens with one attached hydrogen (secondary N) is 2. The van der Waals surface area contributed by atoms with Crippen LogP contribution in [0.25, 0.3) is 0 Å². The van der Waals surface area contributed by atoms with Crippen molar-refractivity contribution in [1.29, 1.82) is 0 Å². The summed E-state index contributed by atoms with van der Waals surface area (Å²) < 4.78 is 0. The summed E-state index contributed by atoms with van der Waals surface area (Å²) >= 11 is 0. The third kappa shape index (κ3) is 2.24. The molecule has 0 bridgehead atoms. The molecule has 0 fully saturated rings. The normalized spacial score (nSPS) is 19.1. The average Bonchev–Trinajstić information content (AvgIpc) is 3.13. The fraction of sp³-hybridized carbons (Fsp3) is 0.278. The van der Waals surface area contributed by atoms with Crippen LogP contribution in [0.4, 0.5) is 5.69 Å². The highest BCUT2D eigenvalue weighted by atomic mass is 16.1. The first-order valence-corrected chi connectivity index (χ1v) is 7.52. The molecule has 2 aromatic carbocycles. The van der Waals surface area contributed by atoms with Gasteiger partial charge in [-0.15, -0.1) is 0 Å². The minimum Gasteiger partial charge on any atom is -0.326 e. The molecular weight excluding hydrogens is 260 g/mol. The van der Waals surface area contributed by atoms with E-state index in [2.05, 4.69) is 34.9 Å². The van der Waals surface area contributed by atoms with Crippen LogP contribution < -0.4 is 10.6 Å². The Morgan fingerprint density at radius 3 is 2.86 bits per heavy atom. The van der Waals surface area contributed by atoms with Crippen LogP contribution in [0.15, 0.2) is 42.5 Å². The van der Waals surface area contributed by atoms with Gasteiger partial charge in [0.25, 0.3) is 0 Å². The third-order valence-corrected chi connectivity index (χ3v) is 4.55. The fourth-order valence-electron chi connectivity index (χ4n) is 3.43. The molecule has 1 unspecified atom stereocenters. The van der Waals surface area contributed by atoms with E-state index >= 15 is 0 Å². The Labute approximate surface area is 124 Å². The summed E-state index contributed by atoms with van der Waals surface area (Å²) in [6.07, 6.45) is 1.92. The lowest BCUT2D eigenvalue weighted by Crippen LogP contribution is -2.19. The molecule has 1 heterocycles. The second-order valence-corrected chi connectivity index (χ2v) is 5.87. The Bertz CT molecular complexity index is 708. The van der Waals surface area contributed by atoms with Crippen molar-refractivity contribution in [1.82, 2.24) is 5.32 Å². The van der Waals surface area contributed by atoms with Gasteiger partial charge in [-0.1, -0.05) is 30.3 Å². The first-order chi connectivity index (χ1) is 10.3. The number of rotatable bonds is 2. The number of amides is 1. The topological polar surface area (TPSA) is 41.1 Å². The van der Waals surface area contributed by atoms with E-state index in [4.69, 9.17) is 0 Å². The van der Waals surface area contributed by atoms with E-state index in [0.717, 1.165) is 31.6 Å². The Morgan fingerprint density at radius 2 is 1.90 bits per heavy atom. The molecule has 3 heteroatoms. The number of benzene rings is 2. The van der Waals surface area contributed by atoms with E-state index < -0.39 is 0 Å². The van der Waals surface area contributed by atoms with E-state index in [1.54, 1.807) is 0 Å². The molecule has 2 aromatic rings. The van der Waals surface area contributed by atoms with Gasteiger partial charge in [0.15, 0.2) is 0 Å². The maximum absolute atomic E-state index is 12.6. The van der Waals surface area contributed by atoms with Gasteiger partial charge >= 0.3 is 0 Å². The van der Waals surface area contributed by atoms with Crippen molar-refractivity contribution in [2.45, 2.75) is 31.8 Å². The molecule has 0 saturated heterocycles. The second-order valence-electron chi connectivity index (χ2n) is 5.87. The highest BCUT2D eigenvalue weighted by Crippen LogP contribution is 2.33. The molecule has 106 valence electrons. The summed E-state index contributed by atoms with van der Waals surface area (Å²) in [6, 6.07) is 14.5. The van der Waals surface area contributed by atoms with Gasteiger partial charge in [0.1, 0.15) is 0 Å². The SMILES string of the molecule is O=C(Nc1ccc2c(c1)CNC2)C1CCc2ccccc21. The number of anilines is 1. The monoisotopic (exact) mass is 278 g/mol. The van der Waals surface area contributed by atoms with Crippen LogP contribution in [0.2, 0.25) is 0 Å². The Kier molecular flexibility index (Phi) is 3.00. The van der Waals surface area contributed by atoms with Crippen molar-refractivity contribution in [2.75, 3.05) is 5.32 Å². The highest BCUT2D eigenvalue weighted by molar-refractivity contribution is 5.96. The van der Waals surface area contributed by atoms with Crippen LogP contribution in [0, 0.1) is 0 Å². The summed E-state index contributed by atoms with van der Waals surface area (Å²) in [5.74, 6) is 0.110. The molecule has 1 aliphatic heterocycles. The molecule has 3 nitrogen and oxygen atoms in total. The zero-order valence-electron chi connectivity index (χ0n) is 11.9. The largest absolute Gasteiger partial charge is 0.326 e. The standard InChI is InChI=1S/C18H18N2O/c21-18(17-8-6-12-3-1-2-4-16(12)17)20-15-7-5-13-10-19-11-14(13)9-15/h1-5,7,9,17,19H,6,8,10-11H2,(H,20,21). The molecule has 1 amide bonds. The number of carbonyl (C=O) groups excluding carboxylic acids is 1. The first kappa shape index (κ1) is 12.6. The molecule has 0 aromatic heterocycles. The zero-order chi connectivity index (χ0) is 14.2.